The molecule has 1 N–H and O–H groups in total. The predicted octanol–water partition coefficient (Wildman–Crippen LogP) is 4.13. The fourth-order valence-corrected chi connectivity index (χ4v) is 3.21. The van der Waals surface area contributed by atoms with E-state index in [4.69, 9.17) is 9.47 Å². The first kappa shape index (κ1) is 19.6. The molecule has 2 aromatic carbocycles. The second-order valence-corrected chi connectivity index (χ2v) is 6.88. The molecule has 150 valence electrons. The number of nitrogens with one attached hydrogen (secondary N) is 1. The number of nitrogens with zero attached hydrogens (tertiary/aromatic N) is 3. The Hall–Kier alpha value is -3.76. The molecule has 0 atom stereocenters. The normalized spacial score (nSPS) is 14.0. The summed E-state index contributed by atoms with van der Waals surface area (Å²) in [7, 11) is 0. The van der Waals surface area contributed by atoms with Gasteiger partial charge in [-0.2, -0.15) is 5.26 Å². The number of aldehydes is 1. The van der Waals surface area contributed by atoms with E-state index in [-0.39, 0.29) is 6.10 Å². The first-order valence-corrected chi connectivity index (χ1v) is 9.69. The van der Waals surface area contributed by atoms with Crippen LogP contribution in [-0.4, -0.2) is 35.6 Å². The van der Waals surface area contributed by atoms with Crippen molar-refractivity contribution in [2.75, 3.05) is 18.5 Å². The number of benzene rings is 2. The Kier molecular flexibility index (Phi) is 5.97. The van der Waals surface area contributed by atoms with Crippen LogP contribution in [0.5, 0.6) is 5.75 Å². The number of nitriles is 1. The molecule has 0 saturated carbocycles. The van der Waals surface area contributed by atoms with Crippen molar-refractivity contribution in [1.82, 2.24) is 9.97 Å². The molecule has 0 unspecified atom stereocenters. The summed E-state index contributed by atoms with van der Waals surface area (Å²) in [6.45, 7) is 1.36. The summed E-state index contributed by atoms with van der Waals surface area (Å²) < 4.78 is 11.4. The van der Waals surface area contributed by atoms with Gasteiger partial charge in [-0.3, -0.25) is 4.79 Å². The average Bonchev–Trinajstić information content (AvgIpc) is 2.81. The van der Waals surface area contributed by atoms with Crippen molar-refractivity contribution in [3.8, 4) is 23.1 Å². The zero-order valence-electron chi connectivity index (χ0n) is 16.2. The molecule has 1 saturated heterocycles. The summed E-state index contributed by atoms with van der Waals surface area (Å²) in [5.74, 6) is 1.00. The van der Waals surface area contributed by atoms with Gasteiger partial charge in [-0.25, -0.2) is 9.97 Å². The van der Waals surface area contributed by atoms with Crippen LogP contribution in [0.15, 0.2) is 54.7 Å². The number of aromatic nitrogens is 2. The molecule has 0 aliphatic carbocycles. The number of hydrogen-bond donors (Lipinski definition) is 1. The molecular weight excluding hydrogens is 380 g/mol. The lowest BCUT2D eigenvalue weighted by Crippen LogP contribution is -2.26. The lowest BCUT2D eigenvalue weighted by Gasteiger charge is -2.23. The maximum atomic E-state index is 10.8. The van der Waals surface area contributed by atoms with Crippen molar-refractivity contribution in [2.45, 2.75) is 18.9 Å². The van der Waals surface area contributed by atoms with Gasteiger partial charge in [0.25, 0.3) is 0 Å². The van der Waals surface area contributed by atoms with Crippen molar-refractivity contribution in [1.29, 1.82) is 5.26 Å². The lowest BCUT2D eigenvalue weighted by molar-refractivity contribution is 0.0254. The van der Waals surface area contributed by atoms with Crippen LogP contribution in [0.4, 0.5) is 11.6 Å². The van der Waals surface area contributed by atoms with E-state index in [9.17, 15) is 10.1 Å². The van der Waals surface area contributed by atoms with Gasteiger partial charge in [0.15, 0.2) is 0 Å². The lowest BCUT2D eigenvalue weighted by atomic mass is 10.1. The van der Waals surface area contributed by atoms with Crippen molar-refractivity contribution < 1.29 is 14.3 Å². The van der Waals surface area contributed by atoms with Crippen molar-refractivity contribution in [3.05, 3.63) is 65.9 Å². The van der Waals surface area contributed by atoms with Crippen LogP contribution < -0.4 is 10.1 Å². The van der Waals surface area contributed by atoms with Gasteiger partial charge in [-0.15, -0.1) is 0 Å². The molecule has 1 fully saturated rings. The summed E-state index contributed by atoms with van der Waals surface area (Å²) >= 11 is 0. The highest BCUT2D eigenvalue weighted by Crippen LogP contribution is 2.28. The van der Waals surface area contributed by atoms with E-state index in [2.05, 4.69) is 21.4 Å². The van der Waals surface area contributed by atoms with Gasteiger partial charge in [0.2, 0.25) is 5.95 Å². The van der Waals surface area contributed by atoms with E-state index in [1.54, 1.807) is 42.6 Å². The minimum absolute atomic E-state index is 0.0668. The maximum absolute atomic E-state index is 10.8. The van der Waals surface area contributed by atoms with Gasteiger partial charge in [-0.05, 0) is 48.5 Å². The van der Waals surface area contributed by atoms with Gasteiger partial charge < -0.3 is 14.8 Å². The molecule has 7 heteroatoms. The highest BCUT2D eigenvalue weighted by atomic mass is 16.5. The molecule has 0 amide bonds. The Morgan fingerprint density at radius 2 is 1.93 bits per heavy atom. The number of anilines is 2. The molecule has 0 spiro atoms. The summed E-state index contributed by atoms with van der Waals surface area (Å²) in [6, 6.07) is 16.5. The van der Waals surface area contributed by atoms with Gasteiger partial charge in [0, 0.05) is 35.9 Å². The highest BCUT2D eigenvalue weighted by Gasteiger charge is 2.17. The zero-order valence-corrected chi connectivity index (χ0v) is 16.2. The van der Waals surface area contributed by atoms with Crippen molar-refractivity contribution in [2.24, 2.45) is 0 Å². The van der Waals surface area contributed by atoms with E-state index in [0.29, 0.717) is 41.7 Å². The van der Waals surface area contributed by atoms with Crippen LogP contribution in [0.25, 0.3) is 11.3 Å². The number of carbonyl (C=O) groups is 1. The van der Waals surface area contributed by atoms with E-state index in [0.717, 1.165) is 30.4 Å². The van der Waals surface area contributed by atoms with Crippen LogP contribution in [0.1, 0.15) is 28.8 Å². The van der Waals surface area contributed by atoms with Gasteiger partial charge in [-0.1, -0.05) is 0 Å². The molecule has 0 bridgehead atoms. The van der Waals surface area contributed by atoms with Gasteiger partial charge >= 0.3 is 0 Å². The third-order valence-corrected chi connectivity index (χ3v) is 4.82. The first-order valence-electron chi connectivity index (χ1n) is 9.69. The van der Waals surface area contributed by atoms with Crippen molar-refractivity contribution in [3.63, 3.8) is 0 Å². The van der Waals surface area contributed by atoms with Gasteiger partial charge in [0.05, 0.1) is 24.5 Å². The third kappa shape index (κ3) is 4.62. The number of hydrogen-bond acceptors (Lipinski definition) is 7. The van der Waals surface area contributed by atoms with E-state index >= 15 is 0 Å². The number of carbonyl (C=O) groups excluding carboxylic acids is 1. The minimum Gasteiger partial charge on any atom is -0.489 e. The summed E-state index contributed by atoms with van der Waals surface area (Å²) in [5.41, 5.74) is 3.33. The third-order valence-electron chi connectivity index (χ3n) is 4.82. The van der Waals surface area contributed by atoms with Crippen LogP contribution >= 0.6 is 0 Å². The molecule has 7 nitrogen and oxygen atoms in total. The monoisotopic (exact) mass is 400 g/mol. The first-order chi connectivity index (χ1) is 14.7. The molecule has 1 aromatic heterocycles. The molecule has 1 aliphatic rings. The second-order valence-electron chi connectivity index (χ2n) is 6.88. The van der Waals surface area contributed by atoms with E-state index in [1.165, 1.54) is 0 Å². The fraction of sp³-hybridized carbons (Fsp3) is 0.217. The van der Waals surface area contributed by atoms with E-state index < -0.39 is 0 Å². The molecule has 2 heterocycles. The fourth-order valence-electron chi connectivity index (χ4n) is 3.21. The van der Waals surface area contributed by atoms with Crippen LogP contribution in [0.2, 0.25) is 0 Å². The van der Waals surface area contributed by atoms with E-state index in [1.807, 2.05) is 12.1 Å². The van der Waals surface area contributed by atoms with Crippen LogP contribution in [-0.2, 0) is 4.74 Å². The largest absolute Gasteiger partial charge is 0.489 e. The summed E-state index contributed by atoms with van der Waals surface area (Å²) in [6.07, 6.45) is 4.16. The number of ether oxygens (including phenoxy) is 2. The summed E-state index contributed by atoms with van der Waals surface area (Å²) in [4.78, 5) is 19.6. The Morgan fingerprint density at radius 1 is 1.13 bits per heavy atom. The molecule has 3 aromatic rings. The predicted molar refractivity (Wildman–Crippen MR) is 112 cm³/mol. The zero-order chi connectivity index (χ0) is 20.8. The van der Waals surface area contributed by atoms with Gasteiger partial charge in [0.1, 0.15) is 24.2 Å². The second kappa shape index (κ2) is 9.16. The standard InChI is InChI=1S/C23H20N4O3/c24-14-18-13-17(3-6-22(18)30-20-8-11-29-12-9-20)21-7-10-25-23(27-21)26-19-4-1-16(15-28)2-5-19/h1-7,10,13,15,20H,8-9,11-12H2,(H,25,26,27). The van der Waals surface area contributed by atoms with Crippen LogP contribution in [0.3, 0.4) is 0 Å². The Balaban J connectivity index is 1.53. The summed E-state index contributed by atoms with van der Waals surface area (Å²) in [5, 5.41) is 12.7. The maximum Gasteiger partial charge on any atom is 0.227 e. The minimum atomic E-state index is 0.0668. The topological polar surface area (TPSA) is 97.1 Å². The SMILES string of the molecule is N#Cc1cc(-c2ccnc(Nc3ccc(C=O)cc3)n2)ccc1OC1CCOCC1. The molecular formula is C23H20N4O3. The average molecular weight is 400 g/mol. The quantitative estimate of drug-likeness (QED) is 0.621. The molecule has 30 heavy (non-hydrogen) atoms. The molecule has 1 aliphatic heterocycles. The Bertz CT molecular complexity index is 1070. The van der Waals surface area contributed by atoms with Crippen LogP contribution in [0, 0.1) is 11.3 Å². The smallest absolute Gasteiger partial charge is 0.227 e. The Morgan fingerprint density at radius 3 is 2.67 bits per heavy atom. The van der Waals surface area contributed by atoms with Crippen molar-refractivity contribution >= 4 is 17.9 Å². The molecule has 0 radical (unpaired) electrons. The highest BCUT2D eigenvalue weighted by molar-refractivity contribution is 5.76. The molecule has 4 rings (SSSR count). The number of rotatable bonds is 6. The Labute approximate surface area is 174 Å².